The Balaban J connectivity index is 0.699. The first-order valence-corrected chi connectivity index (χ1v) is 31.0. The fraction of sp³-hybridized carbons (Fsp3) is 0.0345. The Labute approximate surface area is 521 Å². The van der Waals surface area contributed by atoms with Gasteiger partial charge in [0.15, 0.2) is 0 Å². The fourth-order valence-electron chi connectivity index (χ4n) is 15.3. The molecule has 17 rings (SSSR count). The molecule has 0 bridgehead atoms. The van der Waals surface area contributed by atoms with Crippen LogP contribution < -0.4 is 9.80 Å². The number of hydrogen-bond donors (Lipinski definition) is 0. The van der Waals surface area contributed by atoms with Crippen molar-refractivity contribution in [3.63, 3.8) is 0 Å². The van der Waals surface area contributed by atoms with Gasteiger partial charge >= 0.3 is 0 Å². The van der Waals surface area contributed by atoms with Crippen LogP contribution in [-0.4, -0.2) is 0 Å². The summed E-state index contributed by atoms with van der Waals surface area (Å²) in [7, 11) is 0. The average Bonchev–Trinajstić information content (AvgIpc) is 1.72. The average molecular weight is 1130 g/mol. The van der Waals surface area contributed by atoms with E-state index in [0.29, 0.717) is 0 Å². The zero-order chi connectivity index (χ0) is 58.9. The van der Waals surface area contributed by atoms with Gasteiger partial charge in [0.25, 0.3) is 0 Å². The second-order valence-corrected chi connectivity index (χ2v) is 23.9. The molecule has 0 aliphatic heterocycles. The molecule has 14 aromatic carbocycles. The van der Waals surface area contributed by atoms with E-state index in [1.807, 2.05) is 0 Å². The second-order valence-electron chi connectivity index (χ2n) is 23.9. The lowest BCUT2D eigenvalue weighted by Crippen LogP contribution is -2.28. The van der Waals surface area contributed by atoms with Gasteiger partial charge in [-0.1, -0.05) is 267 Å². The molecule has 2 heteroatoms. The molecule has 0 spiro atoms. The Hall–Kier alpha value is -11.3. The lowest BCUT2D eigenvalue weighted by atomic mass is 9.67. The van der Waals surface area contributed by atoms with E-state index in [1.165, 1.54) is 111 Å². The predicted molar refractivity (Wildman–Crippen MR) is 370 cm³/mol. The van der Waals surface area contributed by atoms with Crippen LogP contribution in [0.5, 0.6) is 0 Å². The van der Waals surface area contributed by atoms with E-state index >= 15 is 0 Å². The summed E-state index contributed by atoms with van der Waals surface area (Å²) < 4.78 is 0. The van der Waals surface area contributed by atoms with E-state index in [-0.39, 0.29) is 0 Å². The van der Waals surface area contributed by atoms with Gasteiger partial charge < -0.3 is 9.80 Å². The number of anilines is 6. The number of hydrogen-bond acceptors (Lipinski definition) is 2. The molecule has 0 radical (unpaired) electrons. The van der Waals surface area contributed by atoms with Gasteiger partial charge in [0.2, 0.25) is 0 Å². The van der Waals surface area contributed by atoms with E-state index in [2.05, 4.69) is 362 Å². The minimum Gasteiger partial charge on any atom is -0.310 e. The number of fused-ring (bicyclic) bond motifs is 9. The van der Waals surface area contributed by atoms with Gasteiger partial charge in [-0.15, -0.1) is 0 Å². The minimum absolute atomic E-state index is 0.501. The molecular weight excluding hydrogens is 1070 g/mol. The van der Waals surface area contributed by atoms with Crippen LogP contribution in [0.25, 0.3) is 55.6 Å². The highest BCUT2D eigenvalue weighted by Gasteiger charge is 2.48. The Morgan fingerprint density at radius 2 is 0.472 bits per heavy atom. The first-order chi connectivity index (χ1) is 44.1. The molecule has 3 aliphatic rings. The van der Waals surface area contributed by atoms with E-state index in [4.69, 9.17) is 0 Å². The van der Waals surface area contributed by atoms with Crippen LogP contribution in [0, 0.1) is 0 Å². The van der Waals surface area contributed by atoms with Crippen LogP contribution >= 0.6 is 0 Å². The number of rotatable bonds is 12. The van der Waals surface area contributed by atoms with Gasteiger partial charge in [0, 0.05) is 34.1 Å². The Kier molecular flexibility index (Phi) is 12.4. The van der Waals surface area contributed by atoms with Crippen LogP contribution in [-0.2, 0) is 17.3 Å². The van der Waals surface area contributed by atoms with Crippen LogP contribution in [0.2, 0.25) is 0 Å². The third-order valence-corrected chi connectivity index (χ3v) is 19.2. The lowest BCUT2D eigenvalue weighted by Gasteiger charge is -2.35. The van der Waals surface area contributed by atoms with Gasteiger partial charge in [-0.3, -0.25) is 0 Å². The normalized spacial score (nSPS) is 13.3. The highest BCUT2D eigenvalue weighted by Crippen LogP contribution is 2.59. The summed E-state index contributed by atoms with van der Waals surface area (Å²) >= 11 is 0. The maximum Gasteiger partial charge on any atom is 0.0714 e. The van der Waals surface area contributed by atoms with Crippen molar-refractivity contribution in [2.75, 3.05) is 9.80 Å². The summed E-state index contributed by atoms with van der Waals surface area (Å²) in [6.07, 6.45) is 0.921. The van der Waals surface area contributed by atoms with Crippen molar-refractivity contribution in [2.24, 2.45) is 0 Å². The van der Waals surface area contributed by atoms with Crippen molar-refractivity contribution in [3.05, 3.63) is 407 Å². The van der Waals surface area contributed by atoms with Gasteiger partial charge in [-0.05, 0) is 203 Å². The third kappa shape index (κ3) is 8.32. The summed E-state index contributed by atoms with van der Waals surface area (Å²) in [4.78, 5) is 4.82. The lowest BCUT2D eigenvalue weighted by molar-refractivity contribution is 0.768. The summed E-state index contributed by atoms with van der Waals surface area (Å²) in [6, 6.07) is 131. The standard InChI is InChI=1S/C87H60N2/c1-7-23-66(24-8-1)86(67-25-9-2-10-26-67)82-37-21-19-35-76(82)78-53-51-74(58-84(78)86)88(70-31-15-5-16-32-70)72-47-43-60(44-48-72)62-39-41-64-55-65-42-40-63(57-81(65)80(64)56-62)61-45-49-73(50-46-61)89(71-33-17-6-18-34-71)75-52-54-79-77-36-20-22-38-83(77)87(85(79)59-75,68-27-11-3-12-28-68)69-29-13-4-14-30-69/h1-54,56-59H,55H2. The predicted octanol–water partition coefficient (Wildman–Crippen LogP) is 22.3. The SMILES string of the molecule is c1ccc(N(c2ccc(-c3ccc4c(c3)-c3cc(-c5ccc(N(c6ccccc6)c6ccc7c(c6)C(c6ccccc6)(c6ccccc6)c6ccccc6-7)cc5)ccc3C4)cc2)c2ccc3c(c2)C(c2ccccc2)(c2ccccc2)c2ccccc2-3)cc1. The topological polar surface area (TPSA) is 6.48 Å². The maximum atomic E-state index is 2.45. The molecule has 0 atom stereocenters. The Morgan fingerprint density at radius 3 is 0.831 bits per heavy atom. The molecule has 0 saturated heterocycles. The van der Waals surface area contributed by atoms with E-state index < -0.39 is 10.8 Å². The molecule has 0 saturated carbocycles. The smallest absolute Gasteiger partial charge is 0.0714 e. The number of para-hydroxylation sites is 2. The van der Waals surface area contributed by atoms with Crippen LogP contribution in [0.3, 0.4) is 0 Å². The largest absolute Gasteiger partial charge is 0.310 e. The summed E-state index contributed by atoms with van der Waals surface area (Å²) in [5.41, 5.74) is 31.0. The zero-order valence-electron chi connectivity index (χ0n) is 49.1. The van der Waals surface area contributed by atoms with Gasteiger partial charge in [0.1, 0.15) is 0 Å². The third-order valence-electron chi connectivity index (χ3n) is 19.2. The maximum absolute atomic E-state index is 2.45. The molecule has 418 valence electrons. The first kappa shape index (κ1) is 52.0. The fourth-order valence-corrected chi connectivity index (χ4v) is 15.3. The summed E-state index contributed by atoms with van der Waals surface area (Å²) in [6.45, 7) is 0. The molecule has 3 aliphatic carbocycles. The monoisotopic (exact) mass is 1130 g/mol. The summed E-state index contributed by atoms with van der Waals surface area (Å²) in [5.74, 6) is 0. The van der Waals surface area contributed by atoms with E-state index in [9.17, 15) is 0 Å². The second kappa shape index (κ2) is 21.3. The molecular formula is C87H60N2. The number of benzene rings is 14. The highest BCUT2D eigenvalue weighted by molar-refractivity contribution is 5.93. The van der Waals surface area contributed by atoms with Crippen molar-refractivity contribution in [2.45, 2.75) is 17.3 Å². The minimum atomic E-state index is -0.501. The van der Waals surface area contributed by atoms with Crippen molar-refractivity contribution in [1.29, 1.82) is 0 Å². The molecule has 0 amide bonds. The van der Waals surface area contributed by atoms with Crippen molar-refractivity contribution in [1.82, 2.24) is 0 Å². The summed E-state index contributed by atoms with van der Waals surface area (Å²) in [5, 5.41) is 0. The molecule has 0 N–H and O–H groups in total. The molecule has 0 fully saturated rings. The molecule has 0 heterocycles. The van der Waals surface area contributed by atoms with Crippen molar-refractivity contribution in [3.8, 4) is 55.6 Å². The Bertz CT molecular complexity index is 4550. The van der Waals surface area contributed by atoms with Crippen molar-refractivity contribution >= 4 is 34.1 Å². The molecule has 0 aromatic heterocycles. The highest BCUT2D eigenvalue weighted by atomic mass is 15.1. The first-order valence-electron chi connectivity index (χ1n) is 31.0. The molecule has 2 nitrogen and oxygen atoms in total. The van der Waals surface area contributed by atoms with E-state index in [0.717, 1.165) is 40.5 Å². The van der Waals surface area contributed by atoms with Gasteiger partial charge in [0.05, 0.1) is 10.8 Å². The zero-order valence-corrected chi connectivity index (χ0v) is 49.1. The van der Waals surface area contributed by atoms with Crippen LogP contribution in [0.15, 0.2) is 352 Å². The quantitative estimate of drug-likeness (QED) is 0.120. The molecule has 14 aromatic rings. The van der Waals surface area contributed by atoms with Gasteiger partial charge in [-0.25, -0.2) is 0 Å². The molecule has 0 unspecified atom stereocenters. The van der Waals surface area contributed by atoms with Crippen LogP contribution in [0.1, 0.15) is 55.6 Å². The Morgan fingerprint density at radius 1 is 0.191 bits per heavy atom. The van der Waals surface area contributed by atoms with Gasteiger partial charge in [-0.2, -0.15) is 0 Å². The molecule has 89 heavy (non-hydrogen) atoms. The van der Waals surface area contributed by atoms with E-state index in [1.54, 1.807) is 0 Å². The van der Waals surface area contributed by atoms with Crippen LogP contribution in [0.4, 0.5) is 34.1 Å². The number of nitrogens with zero attached hydrogens (tertiary/aromatic N) is 2. The van der Waals surface area contributed by atoms with Crippen molar-refractivity contribution < 1.29 is 0 Å².